The van der Waals surface area contributed by atoms with Crippen LogP contribution >= 0.6 is 0 Å². The van der Waals surface area contributed by atoms with E-state index < -0.39 is 0 Å². The van der Waals surface area contributed by atoms with Crippen molar-refractivity contribution < 1.29 is 14.4 Å². The van der Waals surface area contributed by atoms with Gasteiger partial charge >= 0.3 is 0 Å². The molecule has 1 aliphatic rings. The van der Waals surface area contributed by atoms with Gasteiger partial charge in [0, 0.05) is 25.2 Å². The van der Waals surface area contributed by atoms with E-state index in [0.717, 1.165) is 0 Å². The standard InChI is InChI=1S/C12H16N2O4/c1-2-18-10-3-4-11(14(15)16)12(9-10)13-5-7-17-8-6-13/h3-4,9H,2,5-8H2,1H3. The Kier molecular flexibility index (Phi) is 3.99. The van der Waals surface area contributed by atoms with Crippen LogP contribution in [0.4, 0.5) is 11.4 Å². The molecule has 1 aromatic carbocycles. The van der Waals surface area contributed by atoms with Crippen LogP contribution in [0.25, 0.3) is 0 Å². The molecule has 1 fully saturated rings. The maximum atomic E-state index is 11.0. The summed E-state index contributed by atoms with van der Waals surface area (Å²) in [6.07, 6.45) is 0. The van der Waals surface area contributed by atoms with Crippen LogP contribution in [0.15, 0.2) is 18.2 Å². The van der Waals surface area contributed by atoms with E-state index in [9.17, 15) is 10.1 Å². The molecule has 0 aliphatic carbocycles. The van der Waals surface area contributed by atoms with Crippen LogP contribution in [0.1, 0.15) is 6.92 Å². The van der Waals surface area contributed by atoms with Gasteiger partial charge in [-0.25, -0.2) is 0 Å². The fourth-order valence-corrected chi connectivity index (χ4v) is 1.97. The molecule has 0 aromatic heterocycles. The van der Waals surface area contributed by atoms with E-state index in [4.69, 9.17) is 9.47 Å². The Balaban J connectivity index is 2.33. The smallest absolute Gasteiger partial charge is 0.292 e. The number of hydrogen-bond acceptors (Lipinski definition) is 5. The van der Waals surface area contributed by atoms with Crippen molar-refractivity contribution in [2.45, 2.75) is 6.92 Å². The lowest BCUT2D eigenvalue weighted by Gasteiger charge is -2.28. The van der Waals surface area contributed by atoms with Gasteiger partial charge in [-0.05, 0) is 13.0 Å². The van der Waals surface area contributed by atoms with Gasteiger partial charge in [-0.3, -0.25) is 10.1 Å². The molecule has 0 amide bonds. The minimum Gasteiger partial charge on any atom is -0.494 e. The third kappa shape index (κ3) is 2.70. The van der Waals surface area contributed by atoms with Crippen LogP contribution in [0.2, 0.25) is 0 Å². The number of morpholine rings is 1. The van der Waals surface area contributed by atoms with Crippen LogP contribution in [0.5, 0.6) is 5.75 Å². The molecule has 1 aromatic rings. The largest absolute Gasteiger partial charge is 0.494 e. The third-order valence-electron chi connectivity index (χ3n) is 2.81. The number of nitrogens with zero attached hydrogens (tertiary/aromatic N) is 2. The molecule has 1 aliphatic heterocycles. The number of nitro groups is 1. The number of ether oxygens (including phenoxy) is 2. The Morgan fingerprint density at radius 2 is 2.17 bits per heavy atom. The maximum Gasteiger partial charge on any atom is 0.292 e. The van der Waals surface area contributed by atoms with E-state index in [-0.39, 0.29) is 10.6 Å². The van der Waals surface area contributed by atoms with E-state index in [2.05, 4.69) is 0 Å². The summed E-state index contributed by atoms with van der Waals surface area (Å²) in [6.45, 7) is 4.94. The van der Waals surface area contributed by atoms with Crippen LogP contribution in [-0.4, -0.2) is 37.8 Å². The summed E-state index contributed by atoms with van der Waals surface area (Å²) in [4.78, 5) is 12.6. The minimum absolute atomic E-state index is 0.111. The molecular formula is C12H16N2O4. The number of anilines is 1. The Morgan fingerprint density at radius 1 is 1.44 bits per heavy atom. The van der Waals surface area contributed by atoms with Gasteiger partial charge in [0.15, 0.2) is 0 Å². The number of hydrogen-bond donors (Lipinski definition) is 0. The van der Waals surface area contributed by atoms with Crippen LogP contribution in [-0.2, 0) is 4.74 Å². The first-order valence-corrected chi connectivity index (χ1v) is 5.96. The van der Waals surface area contributed by atoms with E-state index >= 15 is 0 Å². The zero-order valence-corrected chi connectivity index (χ0v) is 10.3. The molecule has 18 heavy (non-hydrogen) atoms. The number of benzene rings is 1. The first-order chi connectivity index (χ1) is 8.72. The van der Waals surface area contributed by atoms with Gasteiger partial charge in [0.1, 0.15) is 11.4 Å². The van der Waals surface area contributed by atoms with Crippen molar-refractivity contribution in [3.8, 4) is 5.75 Å². The second kappa shape index (κ2) is 5.68. The van der Waals surface area contributed by atoms with Crippen LogP contribution in [0, 0.1) is 10.1 Å². The highest BCUT2D eigenvalue weighted by molar-refractivity contribution is 5.66. The Bertz CT molecular complexity index is 430. The van der Waals surface area contributed by atoms with Gasteiger partial charge in [-0.15, -0.1) is 0 Å². The first-order valence-electron chi connectivity index (χ1n) is 5.96. The summed E-state index contributed by atoms with van der Waals surface area (Å²) in [5, 5.41) is 11.0. The molecule has 6 nitrogen and oxygen atoms in total. The van der Waals surface area contributed by atoms with Crippen molar-refractivity contribution in [2.75, 3.05) is 37.8 Å². The molecule has 6 heteroatoms. The quantitative estimate of drug-likeness (QED) is 0.604. The highest BCUT2D eigenvalue weighted by Gasteiger charge is 2.22. The summed E-state index contributed by atoms with van der Waals surface area (Å²) in [7, 11) is 0. The molecule has 0 unspecified atom stereocenters. The lowest BCUT2D eigenvalue weighted by atomic mass is 10.2. The van der Waals surface area contributed by atoms with Gasteiger partial charge in [0.2, 0.25) is 0 Å². The van der Waals surface area contributed by atoms with Crippen LogP contribution < -0.4 is 9.64 Å². The average molecular weight is 252 g/mol. The van der Waals surface area contributed by atoms with Gasteiger partial charge in [-0.1, -0.05) is 0 Å². The van der Waals surface area contributed by atoms with Crippen molar-refractivity contribution in [1.82, 2.24) is 0 Å². The molecular weight excluding hydrogens is 236 g/mol. The summed E-state index contributed by atoms with van der Waals surface area (Å²) >= 11 is 0. The van der Waals surface area contributed by atoms with E-state index in [0.29, 0.717) is 44.3 Å². The van der Waals surface area contributed by atoms with E-state index in [1.807, 2.05) is 11.8 Å². The lowest BCUT2D eigenvalue weighted by molar-refractivity contribution is -0.384. The van der Waals surface area contributed by atoms with Gasteiger partial charge in [0.25, 0.3) is 5.69 Å². The molecule has 0 saturated carbocycles. The highest BCUT2D eigenvalue weighted by atomic mass is 16.6. The summed E-state index contributed by atoms with van der Waals surface area (Å²) in [5.74, 6) is 0.657. The molecule has 0 spiro atoms. The van der Waals surface area contributed by atoms with Crippen molar-refractivity contribution in [1.29, 1.82) is 0 Å². The molecule has 0 atom stereocenters. The molecule has 2 rings (SSSR count). The Hall–Kier alpha value is -1.82. The molecule has 98 valence electrons. The monoisotopic (exact) mass is 252 g/mol. The zero-order chi connectivity index (χ0) is 13.0. The summed E-state index contributed by atoms with van der Waals surface area (Å²) in [5.41, 5.74) is 0.717. The van der Waals surface area contributed by atoms with Crippen LogP contribution in [0.3, 0.4) is 0 Å². The topological polar surface area (TPSA) is 64.8 Å². The SMILES string of the molecule is CCOc1ccc([N+](=O)[O-])c(N2CCOCC2)c1. The highest BCUT2D eigenvalue weighted by Crippen LogP contribution is 2.32. The van der Waals surface area contributed by atoms with Crippen molar-refractivity contribution in [2.24, 2.45) is 0 Å². The fourth-order valence-electron chi connectivity index (χ4n) is 1.97. The van der Waals surface area contributed by atoms with Gasteiger partial charge < -0.3 is 14.4 Å². The van der Waals surface area contributed by atoms with Gasteiger partial charge in [-0.2, -0.15) is 0 Å². The van der Waals surface area contributed by atoms with Crippen molar-refractivity contribution in [3.05, 3.63) is 28.3 Å². The normalized spacial score (nSPS) is 15.5. The van der Waals surface area contributed by atoms with E-state index in [1.54, 1.807) is 12.1 Å². The van der Waals surface area contributed by atoms with Crippen molar-refractivity contribution >= 4 is 11.4 Å². The molecule has 1 heterocycles. The minimum atomic E-state index is -0.361. The molecule has 1 saturated heterocycles. The zero-order valence-electron chi connectivity index (χ0n) is 10.3. The summed E-state index contributed by atoms with van der Waals surface area (Å²) in [6, 6.07) is 4.86. The van der Waals surface area contributed by atoms with Gasteiger partial charge in [0.05, 0.1) is 24.7 Å². The predicted molar refractivity (Wildman–Crippen MR) is 67.3 cm³/mol. The fraction of sp³-hybridized carbons (Fsp3) is 0.500. The van der Waals surface area contributed by atoms with Crippen molar-refractivity contribution in [3.63, 3.8) is 0 Å². The molecule has 0 N–H and O–H groups in total. The number of rotatable bonds is 4. The predicted octanol–water partition coefficient (Wildman–Crippen LogP) is 1.83. The molecule has 0 bridgehead atoms. The second-order valence-electron chi connectivity index (χ2n) is 3.94. The maximum absolute atomic E-state index is 11.0. The Labute approximate surface area is 105 Å². The summed E-state index contributed by atoms with van der Waals surface area (Å²) < 4.78 is 10.6. The first kappa shape index (κ1) is 12.6. The Morgan fingerprint density at radius 3 is 2.78 bits per heavy atom. The average Bonchev–Trinajstić information content (AvgIpc) is 2.40. The third-order valence-corrected chi connectivity index (χ3v) is 2.81. The molecule has 0 radical (unpaired) electrons. The lowest BCUT2D eigenvalue weighted by Crippen LogP contribution is -2.36. The number of nitro benzene ring substituents is 1. The van der Waals surface area contributed by atoms with E-state index in [1.165, 1.54) is 6.07 Å². The second-order valence-corrected chi connectivity index (χ2v) is 3.94.